The van der Waals surface area contributed by atoms with E-state index in [1.54, 1.807) is 10.9 Å². The van der Waals surface area contributed by atoms with E-state index in [1.807, 2.05) is 54.6 Å². The van der Waals surface area contributed by atoms with Gasteiger partial charge in [-0.2, -0.15) is 0 Å². The van der Waals surface area contributed by atoms with Crippen LogP contribution in [0.4, 0.5) is 11.5 Å². The molecule has 0 aliphatic rings. The normalized spacial score (nSPS) is 10.7. The number of nitrogens with two attached hydrogens (primary N) is 1. The number of fused-ring (bicyclic) bond motifs is 1. The summed E-state index contributed by atoms with van der Waals surface area (Å²) >= 11 is 0. The molecule has 0 aliphatic heterocycles. The summed E-state index contributed by atoms with van der Waals surface area (Å²) in [4.78, 5) is 24.8. The molecule has 0 fully saturated rings. The lowest BCUT2D eigenvalue weighted by molar-refractivity contribution is -0.119. The van der Waals surface area contributed by atoms with E-state index in [0.717, 1.165) is 16.6 Å². The van der Waals surface area contributed by atoms with E-state index >= 15 is 0 Å². The van der Waals surface area contributed by atoms with E-state index in [0.29, 0.717) is 17.3 Å². The first kappa shape index (κ1) is 16.5. The molecule has 134 valence electrons. The van der Waals surface area contributed by atoms with Gasteiger partial charge in [-0.25, -0.2) is 15.0 Å². The van der Waals surface area contributed by atoms with Gasteiger partial charge >= 0.3 is 0 Å². The van der Waals surface area contributed by atoms with Crippen molar-refractivity contribution in [2.45, 2.75) is 6.42 Å². The van der Waals surface area contributed by atoms with Crippen molar-refractivity contribution < 1.29 is 4.79 Å². The predicted octanol–water partition coefficient (Wildman–Crippen LogP) is 2.08. The first-order valence-corrected chi connectivity index (χ1v) is 8.34. The zero-order valence-corrected chi connectivity index (χ0v) is 14.3. The van der Waals surface area contributed by atoms with Crippen LogP contribution in [0.25, 0.3) is 16.9 Å². The summed E-state index contributed by atoms with van der Waals surface area (Å²) in [5, 5.41) is 0. The number of nitrogens with one attached hydrogen (secondary N) is 2. The molecular weight excluding hydrogens is 342 g/mol. The zero-order valence-electron chi connectivity index (χ0n) is 14.3. The van der Waals surface area contributed by atoms with Crippen LogP contribution in [-0.4, -0.2) is 25.4 Å². The van der Waals surface area contributed by atoms with Crippen LogP contribution >= 0.6 is 0 Å². The van der Waals surface area contributed by atoms with E-state index in [4.69, 9.17) is 5.73 Å². The van der Waals surface area contributed by atoms with Crippen molar-refractivity contribution in [3.05, 3.63) is 72.8 Å². The SMILES string of the molecule is Nc1c(NNC(=O)Cc2ccccc2)ncnc1-n1cnc2ccccc21. The van der Waals surface area contributed by atoms with Crippen LogP contribution in [0.15, 0.2) is 67.3 Å². The third-order valence-electron chi connectivity index (χ3n) is 4.07. The number of imidazole rings is 1. The average molecular weight is 359 g/mol. The Bertz CT molecular complexity index is 1090. The van der Waals surface area contributed by atoms with Crippen molar-refractivity contribution in [1.29, 1.82) is 0 Å². The first-order chi connectivity index (χ1) is 13.2. The molecule has 27 heavy (non-hydrogen) atoms. The summed E-state index contributed by atoms with van der Waals surface area (Å²) in [6, 6.07) is 17.1. The van der Waals surface area contributed by atoms with Crippen molar-refractivity contribution in [2.24, 2.45) is 0 Å². The molecule has 2 aromatic carbocycles. The second-order valence-corrected chi connectivity index (χ2v) is 5.90. The van der Waals surface area contributed by atoms with Crippen molar-refractivity contribution >= 4 is 28.4 Å². The monoisotopic (exact) mass is 359 g/mol. The van der Waals surface area contributed by atoms with Crippen LogP contribution in [0.2, 0.25) is 0 Å². The lowest BCUT2D eigenvalue weighted by Crippen LogP contribution is -2.31. The standard InChI is InChI=1S/C19H17N7O/c20-17-18(25-24-16(27)10-13-6-2-1-3-7-13)21-11-22-19(17)26-12-23-14-8-4-5-9-15(14)26/h1-9,11-12H,10,20H2,(H,24,27)(H,21,22,25). The molecule has 4 rings (SSSR count). The van der Waals surface area contributed by atoms with Gasteiger partial charge in [0.1, 0.15) is 18.3 Å². The number of benzene rings is 2. The van der Waals surface area contributed by atoms with E-state index < -0.39 is 0 Å². The number of hydrogen-bond donors (Lipinski definition) is 3. The number of nitrogen functional groups attached to an aromatic ring is 1. The number of hydrogen-bond acceptors (Lipinski definition) is 6. The number of amides is 1. The zero-order chi connectivity index (χ0) is 18.6. The Hall–Kier alpha value is -3.94. The molecule has 0 bridgehead atoms. The number of anilines is 2. The van der Waals surface area contributed by atoms with Crippen LogP contribution in [0.1, 0.15) is 5.56 Å². The number of para-hydroxylation sites is 2. The van der Waals surface area contributed by atoms with E-state index in [-0.39, 0.29) is 12.3 Å². The second-order valence-electron chi connectivity index (χ2n) is 5.90. The fourth-order valence-electron chi connectivity index (χ4n) is 2.76. The topological polar surface area (TPSA) is 111 Å². The summed E-state index contributed by atoms with van der Waals surface area (Å²) in [5.74, 6) is 0.603. The van der Waals surface area contributed by atoms with Gasteiger partial charge in [0.05, 0.1) is 17.5 Å². The van der Waals surface area contributed by atoms with Gasteiger partial charge in [-0.05, 0) is 17.7 Å². The molecule has 8 heteroatoms. The number of aromatic nitrogens is 4. The maximum absolute atomic E-state index is 12.1. The fourth-order valence-corrected chi connectivity index (χ4v) is 2.76. The summed E-state index contributed by atoms with van der Waals surface area (Å²) < 4.78 is 1.78. The molecule has 8 nitrogen and oxygen atoms in total. The minimum atomic E-state index is -0.200. The lowest BCUT2D eigenvalue weighted by atomic mass is 10.1. The summed E-state index contributed by atoms with van der Waals surface area (Å²) in [6.07, 6.45) is 3.28. The van der Waals surface area contributed by atoms with E-state index in [9.17, 15) is 4.79 Å². The number of carbonyl (C=O) groups excluding carboxylic acids is 1. The Kier molecular flexibility index (Phi) is 4.36. The summed E-state index contributed by atoms with van der Waals surface area (Å²) in [7, 11) is 0. The molecule has 0 saturated heterocycles. The average Bonchev–Trinajstić information content (AvgIpc) is 3.12. The molecule has 0 unspecified atom stereocenters. The molecule has 4 aromatic rings. The van der Waals surface area contributed by atoms with Gasteiger partial charge in [-0.15, -0.1) is 0 Å². The molecular formula is C19H17N7O. The molecule has 1 amide bonds. The van der Waals surface area contributed by atoms with Crippen LogP contribution in [0.5, 0.6) is 0 Å². The van der Waals surface area contributed by atoms with Crippen LogP contribution in [0, 0.1) is 0 Å². The largest absolute Gasteiger partial charge is 0.393 e. The highest BCUT2D eigenvalue weighted by molar-refractivity contribution is 5.82. The van der Waals surface area contributed by atoms with Crippen molar-refractivity contribution in [1.82, 2.24) is 24.9 Å². The molecule has 0 saturated carbocycles. The number of hydrazine groups is 1. The van der Waals surface area contributed by atoms with Crippen LogP contribution in [-0.2, 0) is 11.2 Å². The second kappa shape index (κ2) is 7.12. The van der Waals surface area contributed by atoms with Gasteiger partial charge in [0.15, 0.2) is 11.6 Å². The molecule has 2 aromatic heterocycles. The number of rotatable bonds is 5. The third kappa shape index (κ3) is 3.40. The highest BCUT2D eigenvalue weighted by atomic mass is 16.2. The van der Waals surface area contributed by atoms with Crippen LogP contribution < -0.4 is 16.6 Å². The molecule has 0 radical (unpaired) electrons. The first-order valence-electron chi connectivity index (χ1n) is 8.34. The van der Waals surface area contributed by atoms with Crippen molar-refractivity contribution in [3.63, 3.8) is 0 Å². The molecule has 2 heterocycles. The van der Waals surface area contributed by atoms with Gasteiger partial charge in [0, 0.05) is 0 Å². The molecule has 0 spiro atoms. The maximum atomic E-state index is 12.1. The van der Waals surface area contributed by atoms with Crippen LogP contribution in [0.3, 0.4) is 0 Å². The predicted molar refractivity (Wildman–Crippen MR) is 103 cm³/mol. The van der Waals surface area contributed by atoms with Gasteiger partial charge in [-0.3, -0.25) is 20.2 Å². The molecule has 0 atom stereocenters. The van der Waals surface area contributed by atoms with Gasteiger partial charge in [0.2, 0.25) is 5.91 Å². The minimum absolute atomic E-state index is 0.200. The Balaban J connectivity index is 1.53. The fraction of sp³-hybridized carbons (Fsp3) is 0.0526. The molecule has 4 N–H and O–H groups in total. The Morgan fingerprint density at radius 3 is 2.63 bits per heavy atom. The summed E-state index contributed by atoms with van der Waals surface area (Å²) in [5.41, 5.74) is 14.5. The van der Waals surface area contributed by atoms with E-state index in [2.05, 4.69) is 25.8 Å². The van der Waals surface area contributed by atoms with Crippen molar-refractivity contribution in [2.75, 3.05) is 11.2 Å². The number of nitrogens with zero attached hydrogens (tertiary/aromatic N) is 4. The third-order valence-corrected chi connectivity index (χ3v) is 4.07. The minimum Gasteiger partial charge on any atom is -0.393 e. The Labute approximate surface area is 155 Å². The lowest BCUT2D eigenvalue weighted by Gasteiger charge is -2.12. The Morgan fingerprint density at radius 2 is 1.78 bits per heavy atom. The quantitative estimate of drug-likeness (QED) is 0.471. The smallest absolute Gasteiger partial charge is 0.242 e. The van der Waals surface area contributed by atoms with Gasteiger partial charge < -0.3 is 5.73 Å². The Morgan fingerprint density at radius 1 is 1.00 bits per heavy atom. The van der Waals surface area contributed by atoms with Crippen molar-refractivity contribution in [3.8, 4) is 5.82 Å². The van der Waals surface area contributed by atoms with E-state index in [1.165, 1.54) is 6.33 Å². The maximum Gasteiger partial charge on any atom is 0.242 e. The highest BCUT2D eigenvalue weighted by Gasteiger charge is 2.13. The highest BCUT2D eigenvalue weighted by Crippen LogP contribution is 2.24. The van der Waals surface area contributed by atoms with Gasteiger partial charge in [-0.1, -0.05) is 42.5 Å². The summed E-state index contributed by atoms with van der Waals surface area (Å²) in [6.45, 7) is 0. The molecule has 0 aliphatic carbocycles. The van der Waals surface area contributed by atoms with Gasteiger partial charge in [0.25, 0.3) is 0 Å². The number of carbonyl (C=O) groups is 1.